The summed E-state index contributed by atoms with van der Waals surface area (Å²) in [6.45, 7) is 1.53. The Labute approximate surface area is 104 Å². The largest absolute Gasteiger partial charge is 0.361 e. The summed E-state index contributed by atoms with van der Waals surface area (Å²) < 4.78 is 58.8. The number of hydrogen-bond acceptors (Lipinski definition) is 4. The molecule has 100 valence electrons. The van der Waals surface area contributed by atoms with Crippen molar-refractivity contribution in [3.63, 3.8) is 0 Å². The highest BCUT2D eigenvalue weighted by Gasteiger charge is 2.54. The number of hydrogen-bond donors (Lipinski definition) is 0. The fourth-order valence-corrected chi connectivity index (χ4v) is 2.53. The van der Waals surface area contributed by atoms with Gasteiger partial charge in [-0.15, -0.1) is 0 Å². The lowest BCUT2D eigenvalue weighted by Crippen LogP contribution is -2.30. The van der Waals surface area contributed by atoms with Crippen molar-refractivity contribution in [1.29, 1.82) is 0 Å². The van der Waals surface area contributed by atoms with Gasteiger partial charge in [-0.1, -0.05) is 0 Å². The van der Waals surface area contributed by atoms with Crippen LogP contribution in [0.5, 0.6) is 0 Å². The lowest BCUT2D eigenvalue weighted by molar-refractivity contribution is 0.114. The van der Waals surface area contributed by atoms with Crippen molar-refractivity contribution in [2.75, 3.05) is 12.9 Å². The zero-order valence-electron chi connectivity index (χ0n) is 9.81. The number of ether oxygens (including phenoxy) is 1. The average Bonchev–Trinajstić information content (AvgIpc) is 3.00. The van der Waals surface area contributed by atoms with Crippen LogP contribution in [0.1, 0.15) is 12.5 Å². The first kappa shape index (κ1) is 13.4. The third-order valence-electron chi connectivity index (χ3n) is 2.82. The molecule has 0 N–H and O–H groups in total. The van der Waals surface area contributed by atoms with Crippen molar-refractivity contribution in [3.8, 4) is 0 Å². The van der Waals surface area contributed by atoms with Crippen LogP contribution >= 0.6 is 0 Å². The number of benzene rings is 1. The zero-order chi connectivity index (χ0) is 13.6. The van der Waals surface area contributed by atoms with Crippen LogP contribution in [0.15, 0.2) is 18.2 Å². The van der Waals surface area contributed by atoms with Crippen LogP contribution in [0.3, 0.4) is 0 Å². The molecule has 1 fully saturated rings. The minimum atomic E-state index is -3.69. The van der Waals surface area contributed by atoms with Crippen LogP contribution in [-0.2, 0) is 24.6 Å². The van der Waals surface area contributed by atoms with Gasteiger partial charge in [0.2, 0.25) is 0 Å². The maximum Gasteiger partial charge on any atom is 0.264 e. The molecular formula is C11H12F2O4S. The summed E-state index contributed by atoms with van der Waals surface area (Å²) in [6.07, 6.45) is -0.0366. The van der Waals surface area contributed by atoms with Gasteiger partial charge in [0.15, 0.2) is 0 Å². The maximum absolute atomic E-state index is 13.6. The predicted octanol–water partition coefficient (Wildman–Crippen LogP) is 1.56. The molecule has 1 unspecified atom stereocenters. The molecule has 0 aliphatic carbocycles. The van der Waals surface area contributed by atoms with E-state index >= 15 is 0 Å². The van der Waals surface area contributed by atoms with Crippen LogP contribution in [0, 0.1) is 11.6 Å². The Morgan fingerprint density at radius 1 is 1.44 bits per heavy atom. The van der Waals surface area contributed by atoms with E-state index < -0.39 is 33.5 Å². The Kier molecular flexibility index (Phi) is 3.16. The Balaban J connectivity index is 2.34. The van der Waals surface area contributed by atoms with E-state index in [4.69, 9.17) is 8.92 Å². The van der Waals surface area contributed by atoms with Crippen molar-refractivity contribution < 1.29 is 26.1 Å². The second-order valence-electron chi connectivity index (χ2n) is 4.24. The first-order valence-electron chi connectivity index (χ1n) is 5.22. The first-order valence-corrected chi connectivity index (χ1v) is 7.04. The summed E-state index contributed by atoms with van der Waals surface area (Å²) >= 11 is 0. The zero-order valence-corrected chi connectivity index (χ0v) is 10.6. The highest BCUT2D eigenvalue weighted by Crippen LogP contribution is 2.44. The minimum Gasteiger partial charge on any atom is -0.361 e. The third-order valence-corrected chi connectivity index (χ3v) is 3.45. The maximum atomic E-state index is 13.6. The van der Waals surface area contributed by atoms with Gasteiger partial charge >= 0.3 is 0 Å². The summed E-state index contributed by atoms with van der Waals surface area (Å²) in [7, 11) is -3.69. The van der Waals surface area contributed by atoms with Crippen LogP contribution in [0.2, 0.25) is 0 Å². The van der Waals surface area contributed by atoms with Crippen molar-refractivity contribution in [1.82, 2.24) is 0 Å². The number of halogens is 2. The predicted molar refractivity (Wildman–Crippen MR) is 59.4 cm³/mol. The molecule has 1 aromatic rings. The molecule has 7 heteroatoms. The van der Waals surface area contributed by atoms with E-state index in [0.717, 1.165) is 24.5 Å². The summed E-state index contributed by atoms with van der Waals surface area (Å²) in [4.78, 5) is 0. The van der Waals surface area contributed by atoms with E-state index in [1.54, 1.807) is 0 Å². The molecule has 1 aliphatic heterocycles. The Bertz CT molecular complexity index is 566. The Morgan fingerprint density at radius 3 is 2.56 bits per heavy atom. The second kappa shape index (κ2) is 4.25. The first-order chi connectivity index (χ1) is 8.24. The molecule has 0 radical (unpaired) electrons. The van der Waals surface area contributed by atoms with Gasteiger partial charge < -0.3 is 4.74 Å². The molecule has 2 rings (SSSR count). The van der Waals surface area contributed by atoms with Gasteiger partial charge in [-0.3, -0.25) is 4.18 Å². The summed E-state index contributed by atoms with van der Waals surface area (Å²) in [5.74, 6) is -1.27. The molecule has 1 heterocycles. The highest BCUT2D eigenvalue weighted by atomic mass is 32.2. The summed E-state index contributed by atoms with van der Waals surface area (Å²) in [6, 6.07) is 2.95. The standard InChI is InChI=1S/C11H12F2O4S/c1-7(17-18(2,14)15)11(6-16-11)9-5-8(12)3-4-10(9)13/h3-5,7H,6H2,1-2H3/t7?,11-/m1/s1. The van der Waals surface area contributed by atoms with Gasteiger partial charge in [0.1, 0.15) is 23.3 Å². The second-order valence-corrected chi connectivity index (χ2v) is 5.85. The van der Waals surface area contributed by atoms with Gasteiger partial charge in [-0.2, -0.15) is 8.42 Å². The quantitative estimate of drug-likeness (QED) is 0.619. The molecule has 0 saturated carbocycles. The van der Waals surface area contributed by atoms with E-state index in [-0.39, 0.29) is 12.2 Å². The van der Waals surface area contributed by atoms with E-state index in [2.05, 4.69) is 0 Å². The molecule has 18 heavy (non-hydrogen) atoms. The van der Waals surface area contributed by atoms with Crippen molar-refractivity contribution in [3.05, 3.63) is 35.4 Å². The molecule has 0 spiro atoms. The molecule has 0 amide bonds. The van der Waals surface area contributed by atoms with E-state index in [0.29, 0.717) is 0 Å². The third kappa shape index (κ3) is 2.52. The van der Waals surface area contributed by atoms with Crippen LogP contribution in [0.4, 0.5) is 8.78 Å². The monoisotopic (exact) mass is 278 g/mol. The highest BCUT2D eigenvalue weighted by molar-refractivity contribution is 7.86. The van der Waals surface area contributed by atoms with Gasteiger partial charge in [-0.05, 0) is 25.1 Å². The minimum absolute atomic E-state index is 0.0290. The SMILES string of the molecule is CC(OS(C)(=O)=O)[C@@]1(c2cc(F)ccc2F)CO1. The van der Waals surface area contributed by atoms with Crippen LogP contribution in [-0.4, -0.2) is 27.4 Å². The van der Waals surface area contributed by atoms with E-state index in [1.807, 2.05) is 0 Å². The fourth-order valence-electron chi connectivity index (χ4n) is 1.85. The Morgan fingerprint density at radius 2 is 2.06 bits per heavy atom. The average molecular weight is 278 g/mol. The van der Waals surface area contributed by atoms with Gasteiger partial charge in [0.25, 0.3) is 10.1 Å². The van der Waals surface area contributed by atoms with Crippen LogP contribution in [0.25, 0.3) is 0 Å². The molecule has 0 aromatic heterocycles. The van der Waals surface area contributed by atoms with E-state index in [1.165, 1.54) is 6.92 Å². The van der Waals surface area contributed by atoms with Gasteiger partial charge in [-0.25, -0.2) is 8.78 Å². The van der Waals surface area contributed by atoms with Gasteiger partial charge in [0, 0.05) is 5.56 Å². The molecule has 4 nitrogen and oxygen atoms in total. The van der Waals surface area contributed by atoms with Crippen LogP contribution < -0.4 is 0 Å². The molecule has 2 atom stereocenters. The number of epoxide rings is 1. The summed E-state index contributed by atoms with van der Waals surface area (Å²) in [5, 5.41) is 0. The smallest absolute Gasteiger partial charge is 0.264 e. The van der Waals surface area contributed by atoms with Gasteiger partial charge in [0.05, 0.1) is 12.9 Å². The van der Waals surface area contributed by atoms with Crippen molar-refractivity contribution in [2.45, 2.75) is 18.6 Å². The number of rotatable bonds is 4. The van der Waals surface area contributed by atoms with Crippen molar-refractivity contribution >= 4 is 10.1 Å². The molecule has 0 bridgehead atoms. The van der Waals surface area contributed by atoms with Crippen molar-refractivity contribution in [2.24, 2.45) is 0 Å². The molecule has 1 saturated heterocycles. The summed E-state index contributed by atoms with van der Waals surface area (Å²) in [5.41, 5.74) is -1.26. The molecule has 1 aliphatic rings. The Hall–Kier alpha value is -1.05. The topological polar surface area (TPSA) is 55.9 Å². The van der Waals surface area contributed by atoms with E-state index in [9.17, 15) is 17.2 Å². The molecule has 1 aromatic carbocycles. The fraction of sp³-hybridized carbons (Fsp3) is 0.455. The lowest BCUT2D eigenvalue weighted by Gasteiger charge is -2.20. The molecular weight excluding hydrogens is 266 g/mol. The normalized spacial score (nSPS) is 24.9. The lowest BCUT2D eigenvalue weighted by atomic mass is 9.94.